The topological polar surface area (TPSA) is 24.1 Å². The molecule has 0 amide bonds. The maximum atomic E-state index is 5.46. The normalized spacial score (nSPS) is 11.0. The third-order valence-electron chi connectivity index (χ3n) is 3.68. The van der Waals surface area contributed by atoms with Crippen LogP contribution in [-0.4, -0.2) is 11.7 Å². The van der Waals surface area contributed by atoms with Gasteiger partial charge in [-0.2, -0.15) is 0 Å². The molecule has 0 unspecified atom stereocenters. The first kappa shape index (κ1) is 18.0. The van der Waals surface area contributed by atoms with Gasteiger partial charge in [-0.05, 0) is 41.6 Å². The predicted octanol–water partition coefficient (Wildman–Crippen LogP) is 5.41. The highest BCUT2D eigenvalue weighted by atomic mass is 32.1. The molecule has 0 aliphatic rings. The zero-order valence-electron chi connectivity index (χ0n) is 14.1. The largest absolute Gasteiger partial charge is 0.362 e. The van der Waals surface area contributed by atoms with E-state index in [1.54, 1.807) is 0 Å². The summed E-state index contributed by atoms with van der Waals surface area (Å²) in [7, 11) is 0. The van der Waals surface area contributed by atoms with Gasteiger partial charge in [-0.25, -0.2) is 0 Å². The van der Waals surface area contributed by atoms with Gasteiger partial charge in [-0.1, -0.05) is 65.7 Å². The van der Waals surface area contributed by atoms with Crippen molar-refractivity contribution in [2.45, 2.75) is 65.7 Å². The minimum absolute atomic E-state index is 0.481. The molecule has 21 heavy (non-hydrogen) atoms. The van der Waals surface area contributed by atoms with Gasteiger partial charge in [0.05, 0.1) is 0 Å². The Morgan fingerprint density at radius 2 is 1.62 bits per heavy atom. The molecular weight excluding hydrogens is 276 g/mol. The van der Waals surface area contributed by atoms with Crippen LogP contribution in [0.1, 0.15) is 76.8 Å². The van der Waals surface area contributed by atoms with E-state index in [-0.39, 0.29) is 0 Å². The third-order valence-corrected chi connectivity index (χ3v) is 3.92. The Bertz CT molecular complexity index is 426. The van der Waals surface area contributed by atoms with Gasteiger partial charge >= 0.3 is 0 Å². The van der Waals surface area contributed by atoms with Crippen molar-refractivity contribution >= 4 is 23.0 Å². The molecule has 118 valence electrons. The first-order valence-corrected chi connectivity index (χ1v) is 8.55. The molecule has 0 aromatic heterocycles. The molecule has 0 heterocycles. The van der Waals surface area contributed by atoms with Crippen LogP contribution in [0, 0.1) is 0 Å². The van der Waals surface area contributed by atoms with E-state index in [9.17, 15) is 0 Å². The van der Waals surface area contributed by atoms with E-state index in [0.29, 0.717) is 11.8 Å². The maximum absolute atomic E-state index is 5.46. The number of nitrogens with one attached hydrogen (secondary N) is 2. The van der Waals surface area contributed by atoms with Crippen LogP contribution < -0.4 is 10.6 Å². The summed E-state index contributed by atoms with van der Waals surface area (Å²) < 4.78 is 0. The highest BCUT2D eigenvalue weighted by molar-refractivity contribution is 7.80. The van der Waals surface area contributed by atoms with Crippen molar-refractivity contribution in [2.24, 2.45) is 0 Å². The lowest BCUT2D eigenvalue weighted by Crippen LogP contribution is -2.30. The van der Waals surface area contributed by atoms with Crippen molar-refractivity contribution < 1.29 is 0 Å². The fourth-order valence-corrected chi connectivity index (χ4v) is 2.63. The number of unbranched alkanes of at least 4 members (excludes halogenated alkanes) is 2. The van der Waals surface area contributed by atoms with Crippen LogP contribution in [0.25, 0.3) is 0 Å². The summed E-state index contributed by atoms with van der Waals surface area (Å²) in [5.41, 5.74) is 3.85. The van der Waals surface area contributed by atoms with Crippen LogP contribution in [0.2, 0.25) is 0 Å². The third kappa shape index (κ3) is 5.66. The van der Waals surface area contributed by atoms with Crippen LogP contribution >= 0.6 is 12.2 Å². The number of para-hydroxylation sites is 1. The Morgan fingerprint density at radius 3 is 2.10 bits per heavy atom. The first-order valence-electron chi connectivity index (χ1n) is 8.15. The fraction of sp³-hybridized carbons (Fsp3) is 0.611. The number of anilines is 1. The molecule has 1 aromatic rings. The zero-order chi connectivity index (χ0) is 15.8. The van der Waals surface area contributed by atoms with Gasteiger partial charge in [0.25, 0.3) is 0 Å². The molecule has 0 fully saturated rings. The molecule has 0 aliphatic heterocycles. The van der Waals surface area contributed by atoms with Crippen molar-refractivity contribution in [3.05, 3.63) is 29.3 Å². The number of benzene rings is 1. The van der Waals surface area contributed by atoms with E-state index >= 15 is 0 Å². The maximum Gasteiger partial charge on any atom is 0.170 e. The summed E-state index contributed by atoms with van der Waals surface area (Å²) in [6.07, 6.45) is 3.65. The number of rotatable bonds is 7. The van der Waals surface area contributed by atoms with E-state index in [1.807, 2.05) is 0 Å². The Hall–Kier alpha value is -1.09. The Kier molecular flexibility index (Phi) is 7.73. The molecule has 3 heteroatoms. The van der Waals surface area contributed by atoms with E-state index in [2.05, 4.69) is 63.5 Å². The van der Waals surface area contributed by atoms with Crippen LogP contribution in [0.5, 0.6) is 0 Å². The summed E-state index contributed by atoms with van der Waals surface area (Å²) in [5.74, 6) is 0.961. The average Bonchev–Trinajstić information content (AvgIpc) is 2.43. The quantitative estimate of drug-likeness (QED) is 0.520. The second-order valence-corrected chi connectivity index (χ2v) is 6.62. The Balaban J connectivity index is 2.82. The molecule has 2 N–H and O–H groups in total. The Labute approximate surface area is 135 Å². The molecule has 2 nitrogen and oxygen atoms in total. The summed E-state index contributed by atoms with van der Waals surface area (Å²) in [6, 6.07) is 6.53. The average molecular weight is 307 g/mol. The van der Waals surface area contributed by atoms with Crippen LogP contribution in [0.3, 0.4) is 0 Å². The highest BCUT2D eigenvalue weighted by Gasteiger charge is 2.14. The summed E-state index contributed by atoms with van der Waals surface area (Å²) in [6.45, 7) is 12.1. The molecule has 1 rings (SSSR count). The van der Waals surface area contributed by atoms with E-state index in [1.165, 1.54) is 36.1 Å². The SMILES string of the molecule is CCCCCNC(=S)Nc1c(C(C)C)cccc1C(C)C. The van der Waals surface area contributed by atoms with Gasteiger partial charge in [0.1, 0.15) is 0 Å². The van der Waals surface area contributed by atoms with Crippen molar-refractivity contribution in [1.82, 2.24) is 5.32 Å². The van der Waals surface area contributed by atoms with Gasteiger partial charge < -0.3 is 10.6 Å². The van der Waals surface area contributed by atoms with Crippen molar-refractivity contribution in [1.29, 1.82) is 0 Å². The van der Waals surface area contributed by atoms with Crippen LogP contribution in [-0.2, 0) is 0 Å². The van der Waals surface area contributed by atoms with Gasteiger partial charge in [0.15, 0.2) is 5.11 Å². The van der Waals surface area contributed by atoms with Gasteiger partial charge in [0, 0.05) is 12.2 Å². The molecule has 0 saturated carbocycles. The summed E-state index contributed by atoms with van der Waals surface area (Å²) in [5, 5.41) is 7.49. The lowest BCUT2D eigenvalue weighted by Gasteiger charge is -2.21. The molecule has 1 aromatic carbocycles. The van der Waals surface area contributed by atoms with Crippen molar-refractivity contribution in [2.75, 3.05) is 11.9 Å². The molecular formula is C18H30N2S. The minimum Gasteiger partial charge on any atom is -0.362 e. The van der Waals surface area contributed by atoms with E-state index < -0.39 is 0 Å². The van der Waals surface area contributed by atoms with Gasteiger partial charge in [-0.3, -0.25) is 0 Å². The van der Waals surface area contributed by atoms with Crippen LogP contribution in [0.4, 0.5) is 5.69 Å². The molecule has 0 radical (unpaired) electrons. The molecule has 0 atom stereocenters. The molecule has 0 spiro atoms. The molecule has 0 saturated heterocycles. The van der Waals surface area contributed by atoms with E-state index in [0.717, 1.165) is 11.7 Å². The second-order valence-electron chi connectivity index (χ2n) is 6.21. The monoisotopic (exact) mass is 306 g/mol. The Morgan fingerprint density at radius 1 is 1.05 bits per heavy atom. The predicted molar refractivity (Wildman–Crippen MR) is 98.4 cm³/mol. The number of hydrogen-bond acceptors (Lipinski definition) is 1. The summed E-state index contributed by atoms with van der Waals surface area (Å²) >= 11 is 5.46. The number of hydrogen-bond donors (Lipinski definition) is 2. The standard InChI is InChI=1S/C18H30N2S/c1-6-7-8-12-19-18(21)20-17-15(13(2)3)10-9-11-16(17)14(4)5/h9-11,13-14H,6-8,12H2,1-5H3,(H2,19,20,21). The fourth-order valence-electron chi connectivity index (χ4n) is 2.43. The highest BCUT2D eigenvalue weighted by Crippen LogP contribution is 2.32. The summed E-state index contributed by atoms with van der Waals surface area (Å²) in [4.78, 5) is 0. The van der Waals surface area contributed by atoms with Crippen LogP contribution in [0.15, 0.2) is 18.2 Å². The van der Waals surface area contributed by atoms with Gasteiger partial charge in [-0.15, -0.1) is 0 Å². The van der Waals surface area contributed by atoms with Gasteiger partial charge in [0.2, 0.25) is 0 Å². The van der Waals surface area contributed by atoms with Crippen molar-refractivity contribution in [3.63, 3.8) is 0 Å². The smallest absolute Gasteiger partial charge is 0.170 e. The zero-order valence-corrected chi connectivity index (χ0v) is 14.9. The number of thiocarbonyl (C=S) groups is 1. The minimum atomic E-state index is 0.481. The lowest BCUT2D eigenvalue weighted by atomic mass is 9.93. The first-order chi connectivity index (χ1) is 9.97. The second kappa shape index (κ2) is 9.04. The molecule has 0 aliphatic carbocycles. The van der Waals surface area contributed by atoms with Crippen molar-refractivity contribution in [3.8, 4) is 0 Å². The molecule has 0 bridgehead atoms. The lowest BCUT2D eigenvalue weighted by molar-refractivity contribution is 0.697. The van der Waals surface area contributed by atoms with E-state index in [4.69, 9.17) is 12.2 Å².